The summed E-state index contributed by atoms with van der Waals surface area (Å²) in [6.45, 7) is 1.36. The van der Waals surface area contributed by atoms with Crippen molar-refractivity contribution in [2.45, 2.75) is 32.2 Å². The number of ether oxygens (including phenoxy) is 3. The van der Waals surface area contributed by atoms with Crippen LogP contribution in [0.2, 0.25) is 0 Å². The number of rotatable bonds is 12. The fourth-order valence-electron chi connectivity index (χ4n) is 2.58. The highest BCUT2D eigenvalue weighted by Crippen LogP contribution is 2.15. The molecule has 0 heterocycles. The van der Waals surface area contributed by atoms with Gasteiger partial charge in [-0.3, -0.25) is 9.63 Å². The number of nitrogens with zero attached hydrogens (tertiary/aromatic N) is 1. The van der Waals surface area contributed by atoms with Crippen LogP contribution in [0.3, 0.4) is 0 Å². The Hall–Kier alpha value is -2.41. The quantitative estimate of drug-likeness (QED) is 0.521. The molecule has 0 saturated heterocycles. The van der Waals surface area contributed by atoms with Crippen molar-refractivity contribution in [2.75, 3.05) is 27.9 Å². The molecule has 0 fully saturated rings. The first-order valence-corrected chi connectivity index (χ1v) is 9.29. The molecule has 6 heteroatoms. The summed E-state index contributed by atoms with van der Waals surface area (Å²) in [7, 11) is 4.71. The molecule has 0 aliphatic heterocycles. The van der Waals surface area contributed by atoms with Gasteiger partial charge in [-0.1, -0.05) is 42.5 Å². The average molecular weight is 387 g/mol. The van der Waals surface area contributed by atoms with Crippen LogP contribution in [0.25, 0.3) is 0 Å². The highest BCUT2D eigenvalue weighted by Gasteiger charge is 2.15. The first kappa shape index (κ1) is 21.9. The van der Waals surface area contributed by atoms with E-state index in [1.165, 1.54) is 12.2 Å². The van der Waals surface area contributed by atoms with Crippen LogP contribution in [-0.4, -0.2) is 44.9 Å². The molecule has 0 spiro atoms. The lowest BCUT2D eigenvalue weighted by Gasteiger charge is -2.20. The van der Waals surface area contributed by atoms with Crippen LogP contribution >= 0.6 is 0 Å². The molecule has 2 rings (SSSR count). The van der Waals surface area contributed by atoms with Gasteiger partial charge in [0.25, 0.3) is 0 Å². The molecule has 2 aromatic carbocycles. The Labute approximate surface area is 166 Å². The van der Waals surface area contributed by atoms with Gasteiger partial charge in [-0.2, -0.15) is 0 Å². The van der Waals surface area contributed by atoms with E-state index in [1.807, 2.05) is 54.6 Å². The molecule has 0 bridgehead atoms. The molecule has 2 aromatic rings. The number of hydroxylamine groups is 2. The zero-order chi connectivity index (χ0) is 20.2. The van der Waals surface area contributed by atoms with Crippen molar-refractivity contribution >= 4 is 5.91 Å². The second-order valence-corrected chi connectivity index (χ2v) is 6.39. The molecule has 0 radical (unpaired) electrons. The van der Waals surface area contributed by atoms with Gasteiger partial charge in [0, 0.05) is 13.5 Å². The van der Waals surface area contributed by atoms with E-state index in [4.69, 9.17) is 19.0 Å². The Morgan fingerprint density at radius 1 is 0.964 bits per heavy atom. The minimum Gasteiger partial charge on any atom is -0.497 e. The third-order valence-electron chi connectivity index (χ3n) is 4.37. The Morgan fingerprint density at radius 2 is 1.64 bits per heavy atom. The maximum atomic E-state index is 12.0. The summed E-state index contributed by atoms with van der Waals surface area (Å²) in [6.07, 6.45) is 0.684. The van der Waals surface area contributed by atoms with E-state index in [1.54, 1.807) is 14.2 Å². The van der Waals surface area contributed by atoms with Crippen LogP contribution in [-0.2, 0) is 32.3 Å². The van der Waals surface area contributed by atoms with Crippen molar-refractivity contribution in [3.63, 3.8) is 0 Å². The number of benzene rings is 2. The predicted molar refractivity (Wildman–Crippen MR) is 107 cm³/mol. The highest BCUT2D eigenvalue weighted by molar-refractivity contribution is 5.74. The number of amides is 1. The van der Waals surface area contributed by atoms with Gasteiger partial charge < -0.3 is 14.2 Å². The molecule has 0 aliphatic rings. The molecule has 1 amide bonds. The first-order valence-electron chi connectivity index (χ1n) is 9.29. The SMILES string of the molecule is COc1ccc(CO[C@@H](CCC(=O)N(C)OC)COCc2ccccc2)cc1. The van der Waals surface area contributed by atoms with Crippen LogP contribution in [0, 0.1) is 0 Å². The van der Waals surface area contributed by atoms with Crippen molar-refractivity contribution < 1.29 is 23.8 Å². The van der Waals surface area contributed by atoms with Gasteiger partial charge >= 0.3 is 0 Å². The Balaban J connectivity index is 1.87. The summed E-state index contributed by atoms with van der Waals surface area (Å²) < 4.78 is 17.0. The van der Waals surface area contributed by atoms with Gasteiger partial charge in [0.1, 0.15) is 5.75 Å². The Kier molecular flexibility index (Phi) is 9.48. The number of carbonyl (C=O) groups is 1. The average Bonchev–Trinajstić information content (AvgIpc) is 2.75. The molecule has 0 aliphatic carbocycles. The molecular formula is C22H29NO5. The summed E-state index contributed by atoms with van der Waals surface area (Å²) in [5, 5.41) is 1.23. The number of carbonyl (C=O) groups excluding carboxylic acids is 1. The third kappa shape index (κ3) is 7.68. The van der Waals surface area contributed by atoms with E-state index in [9.17, 15) is 4.79 Å². The highest BCUT2D eigenvalue weighted by atomic mass is 16.7. The topological polar surface area (TPSA) is 57.2 Å². The minimum absolute atomic E-state index is 0.0939. The Bertz CT molecular complexity index is 690. The standard InChI is InChI=1S/C22H29NO5/c1-23(26-3)22(24)14-13-21(17-27-15-18-7-5-4-6-8-18)28-16-19-9-11-20(25-2)12-10-19/h4-12,21H,13-17H2,1-3H3/t21-/m0/s1. The van der Waals surface area contributed by atoms with Crippen LogP contribution in [0.1, 0.15) is 24.0 Å². The maximum Gasteiger partial charge on any atom is 0.245 e. The van der Waals surface area contributed by atoms with E-state index >= 15 is 0 Å². The van der Waals surface area contributed by atoms with Crippen molar-refractivity contribution in [1.82, 2.24) is 5.06 Å². The monoisotopic (exact) mass is 387 g/mol. The zero-order valence-electron chi connectivity index (χ0n) is 16.8. The van der Waals surface area contributed by atoms with E-state index in [2.05, 4.69) is 0 Å². The molecule has 0 unspecified atom stereocenters. The van der Waals surface area contributed by atoms with Gasteiger partial charge in [0.05, 0.1) is 40.1 Å². The smallest absolute Gasteiger partial charge is 0.245 e. The second kappa shape index (κ2) is 12.1. The van der Waals surface area contributed by atoms with Gasteiger partial charge in [0.2, 0.25) is 5.91 Å². The van der Waals surface area contributed by atoms with Crippen molar-refractivity contribution in [3.8, 4) is 5.75 Å². The molecule has 28 heavy (non-hydrogen) atoms. The summed E-state index contributed by atoms with van der Waals surface area (Å²) in [5.74, 6) is 0.711. The fourth-order valence-corrected chi connectivity index (χ4v) is 2.58. The summed E-state index contributed by atoms with van der Waals surface area (Å²) in [4.78, 5) is 16.9. The van der Waals surface area contributed by atoms with E-state index in [-0.39, 0.29) is 12.0 Å². The summed E-state index contributed by atoms with van der Waals surface area (Å²) in [6, 6.07) is 17.7. The van der Waals surface area contributed by atoms with Gasteiger partial charge in [-0.05, 0) is 29.7 Å². The van der Waals surface area contributed by atoms with Crippen molar-refractivity contribution in [2.24, 2.45) is 0 Å². The molecule has 1 atom stereocenters. The Morgan fingerprint density at radius 3 is 2.29 bits per heavy atom. The molecule has 6 nitrogen and oxygen atoms in total. The lowest BCUT2D eigenvalue weighted by molar-refractivity contribution is -0.169. The van der Waals surface area contributed by atoms with Gasteiger partial charge in [-0.25, -0.2) is 5.06 Å². The van der Waals surface area contributed by atoms with Gasteiger partial charge in [-0.15, -0.1) is 0 Å². The lowest BCUT2D eigenvalue weighted by atomic mass is 10.2. The molecule has 152 valence electrons. The molecule has 0 aromatic heterocycles. The summed E-state index contributed by atoms with van der Waals surface area (Å²) in [5.41, 5.74) is 2.14. The minimum atomic E-state index is -0.194. The molecule has 0 N–H and O–H groups in total. The van der Waals surface area contributed by atoms with Crippen LogP contribution < -0.4 is 4.74 Å². The normalized spacial score (nSPS) is 11.8. The first-order chi connectivity index (χ1) is 13.6. The number of hydrogen-bond acceptors (Lipinski definition) is 5. The van der Waals surface area contributed by atoms with Gasteiger partial charge in [0.15, 0.2) is 0 Å². The van der Waals surface area contributed by atoms with E-state index in [0.29, 0.717) is 32.7 Å². The predicted octanol–water partition coefficient (Wildman–Crippen LogP) is 3.60. The van der Waals surface area contributed by atoms with E-state index < -0.39 is 0 Å². The summed E-state index contributed by atoms with van der Waals surface area (Å²) >= 11 is 0. The van der Waals surface area contributed by atoms with Crippen LogP contribution in [0.5, 0.6) is 5.75 Å². The number of methoxy groups -OCH3 is 1. The van der Waals surface area contributed by atoms with Crippen molar-refractivity contribution in [1.29, 1.82) is 0 Å². The number of hydrogen-bond donors (Lipinski definition) is 0. The molecule has 0 saturated carbocycles. The maximum absolute atomic E-state index is 12.0. The lowest BCUT2D eigenvalue weighted by Crippen LogP contribution is -2.28. The fraction of sp³-hybridized carbons (Fsp3) is 0.409. The zero-order valence-corrected chi connectivity index (χ0v) is 16.8. The van der Waals surface area contributed by atoms with E-state index in [0.717, 1.165) is 16.9 Å². The third-order valence-corrected chi connectivity index (χ3v) is 4.37. The van der Waals surface area contributed by atoms with Crippen LogP contribution in [0.15, 0.2) is 54.6 Å². The second-order valence-electron chi connectivity index (χ2n) is 6.39. The van der Waals surface area contributed by atoms with Crippen molar-refractivity contribution in [3.05, 3.63) is 65.7 Å². The largest absolute Gasteiger partial charge is 0.497 e. The molecular weight excluding hydrogens is 358 g/mol. The van der Waals surface area contributed by atoms with Crippen LogP contribution in [0.4, 0.5) is 0 Å².